The van der Waals surface area contributed by atoms with Gasteiger partial charge in [-0.15, -0.1) is 0 Å². The van der Waals surface area contributed by atoms with Crippen LogP contribution in [-0.4, -0.2) is 79.3 Å². The maximum atomic E-state index is 14.2. The van der Waals surface area contributed by atoms with Crippen LogP contribution in [0.25, 0.3) is 0 Å². The topological polar surface area (TPSA) is 51.6 Å². The predicted molar refractivity (Wildman–Crippen MR) is 108 cm³/mol. The number of anilines is 3. The third kappa shape index (κ3) is 4.14. The maximum absolute atomic E-state index is 14.2. The van der Waals surface area contributed by atoms with Gasteiger partial charge in [-0.25, -0.2) is 14.4 Å². The van der Waals surface area contributed by atoms with Crippen molar-refractivity contribution in [1.29, 1.82) is 0 Å². The van der Waals surface area contributed by atoms with Crippen LogP contribution < -0.4 is 14.7 Å². The summed E-state index contributed by atoms with van der Waals surface area (Å²) < 4.78 is 14.8. The minimum atomic E-state index is -0.294. The first-order chi connectivity index (χ1) is 13.1. The molecule has 2 saturated heterocycles. The van der Waals surface area contributed by atoms with Crippen molar-refractivity contribution in [2.45, 2.75) is 0 Å². The number of aromatic nitrogens is 3. The van der Waals surface area contributed by atoms with E-state index in [9.17, 15) is 4.39 Å². The van der Waals surface area contributed by atoms with Crippen LogP contribution in [-0.2, 0) is 0 Å². The van der Waals surface area contributed by atoms with E-state index in [4.69, 9.17) is 4.98 Å². The van der Waals surface area contributed by atoms with Gasteiger partial charge in [-0.3, -0.25) is 0 Å². The summed E-state index contributed by atoms with van der Waals surface area (Å²) in [4.78, 5) is 22.2. The van der Waals surface area contributed by atoms with E-state index in [1.54, 1.807) is 6.20 Å². The van der Waals surface area contributed by atoms with Crippen LogP contribution in [0.2, 0.25) is 0 Å². The highest BCUT2D eigenvalue weighted by Crippen LogP contribution is 2.23. The van der Waals surface area contributed by atoms with Crippen molar-refractivity contribution >= 4 is 33.5 Å². The number of piperazine rings is 2. The summed E-state index contributed by atoms with van der Waals surface area (Å²) in [6.07, 6.45) is 3.47. The molecule has 2 aromatic rings. The Morgan fingerprint density at radius 3 is 2.30 bits per heavy atom. The smallest absolute Gasteiger partial charge is 0.227 e. The Hall–Kier alpha value is -2.00. The number of pyridine rings is 1. The highest BCUT2D eigenvalue weighted by Gasteiger charge is 2.23. The zero-order valence-electron chi connectivity index (χ0n) is 15.4. The molecule has 2 aromatic heterocycles. The molecule has 144 valence electrons. The summed E-state index contributed by atoms with van der Waals surface area (Å²) in [5.41, 5.74) is 0. The first-order valence-electron chi connectivity index (χ1n) is 9.17. The summed E-state index contributed by atoms with van der Waals surface area (Å²) in [6.45, 7) is 6.91. The lowest BCUT2D eigenvalue weighted by Crippen LogP contribution is -2.48. The fourth-order valence-corrected chi connectivity index (χ4v) is 3.76. The molecule has 0 saturated carbocycles. The van der Waals surface area contributed by atoms with Crippen molar-refractivity contribution in [2.24, 2.45) is 0 Å². The molecule has 27 heavy (non-hydrogen) atoms. The van der Waals surface area contributed by atoms with Crippen LogP contribution in [0.15, 0.2) is 29.0 Å². The normalized spacial score (nSPS) is 18.9. The lowest BCUT2D eigenvalue weighted by Gasteiger charge is -2.37. The van der Waals surface area contributed by atoms with Crippen LogP contribution in [0.3, 0.4) is 0 Å². The molecule has 0 bridgehead atoms. The summed E-state index contributed by atoms with van der Waals surface area (Å²) in [7, 11) is 2.14. The Balaban J connectivity index is 1.41. The Bertz CT molecular complexity index is 789. The monoisotopic (exact) mass is 435 g/mol. The highest BCUT2D eigenvalue weighted by molar-refractivity contribution is 9.10. The van der Waals surface area contributed by atoms with Gasteiger partial charge in [0.15, 0.2) is 11.6 Å². The van der Waals surface area contributed by atoms with E-state index in [2.05, 4.69) is 47.6 Å². The molecule has 0 spiro atoms. The summed E-state index contributed by atoms with van der Waals surface area (Å²) in [6, 6.07) is 3.41. The molecule has 0 aromatic carbocycles. The van der Waals surface area contributed by atoms with Gasteiger partial charge in [0.1, 0.15) is 5.82 Å². The molecule has 2 aliphatic heterocycles. The van der Waals surface area contributed by atoms with Crippen molar-refractivity contribution in [1.82, 2.24) is 19.9 Å². The number of hydrogen-bond acceptors (Lipinski definition) is 7. The van der Waals surface area contributed by atoms with E-state index < -0.39 is 0 Å². The molecule has 0 amide bonds. The third-order valence-electron chi connectivity index (χ3n) is 5.11. The second-order valence-electron chi connectivity index (χ2n) is 6.94. The van der Waals surface area contributed by atoms with Crippen molar-refractivity contribution < 1.29 is 4.39 Å². The van der Waals surface area contributed by atoms with E-state index >= 15 is 0 Å². The summed E-state index contributed by atoms with van der Waals surface area (Å²) in [5, 5.41) is 0. The van der Waals surface area contributed by atoms with Crippen LogP contribution in [0.1, 0.15) is 0 Å². The zero-order valence-corrected chi connectivity index (χ0v) is 16.9. The molecule has 9 heteroatoms. The van der Waals surface area contributed by atoms with Gasteiger partial charge in [-0.2, -0.15) is 4.98 Å². The quantitative estimate of drug-likeness (QED) is 0.728. The zero-order chi connectivity index (χ0) is 18.8. The Kier molecular flexibility index (Phi) is 5.40. The number of hydrogen-bond donors (Lipinski definition) is 0. The lowest BCUT2D eigenvalue weighted by molar-refractivity contribution is 0.311. The van der Waals surface area contributed by atoms with E-state index in [-0.39, 0.29) is 5.82 Å². The van der Waals surface area contributed by atoms with E-state index in [1.807, 2.05) is 17.2 Å². The van der Waals surface area contributed by atoms with Gasteiger partial charge in [-0.1, -0.05) is 0 Å². The van der Waals surface area contributed by atoms with Gasteiger partial charge in [-0.05, 0) is 35.1 Å². The van der Waals surface area contributed by atoms with Crippen molar-refractivity contribution in [3.8, 4) is 0 Å². The molecule has 0 unspecified atom stereocenters. The predicted octanol–water partition coefficient (Wildman–Crippen LogP) is 1.85. The molecule has 2 fully saturated rings. The minimum Gasteiger partial charge on any atom is -0.353 e. The molecule has 0 N–H and O–H groups in total. The number of likely N-dealkylation sites (N-methyl/N-ethyl adjacent to an activating group) is 1. The average molecular weight is 436 g/mol. The summed E-state index contributed by atoms with van der Waals surface area (Å²) >= 11 is 3.25. The molecule has 0 radical (unpaired) electrons. The molecular weight excluding hydrogens is 413 g/mol. The molecule has 2 aliphatic rings. The largest absolute Gasteiger partial charge is 0.353 e. The molecule has 4 heterocycles. The molecule has 4 rings (SSSR count). The number of nitrogens with zero attached hydrogens (tertiary/aromatic N) is 7. The fraction of sp³-hybridized carbons (Fsp3) is 0.500. The highest BCUT2D eigenvalue weighted by atomic mass is 79.9. The Labute approximate surface area is 166 Å². The van der Waals surface area contributed by atoms with E-state index in [0.717, 1.165) is 51.0 Å². The SMILES string of the molecule is CN1CCN(c2nccc(N3CCN(c4ncc(Br)cc4F)CC3)n2)CC1. The van der Waals surface area contributed by atoms with Crippen LogP contribution in [0.5, 0.6) is 0 Å². The van der Waals surface area contributed by atoms with Gasteiger partial charge in [0.25, 0.3) is 0 Å². The first-order valence-corrected chi connectivity index (χ1v) is 9.97. The van der Waals surface area contributed by atoms with Gasteiger partial charge in [0.2, 0.25) is 5.95 Å². The van der Waals surface area contributed by atoms with Gasteiger partial charge in [0.05, 0.1) is 0 Å². The average Bonchev–Trinajstić information content (AvgIpc) is 2.69. The second-order valence-corrected chi connectivity index (χ2v) is 7.85. The lowest BCUT2D eigenvalue weighted by atomic mass is 10.3. The summed E-state index contributed by atoms with van der Waals surface area (Å²) in [5.74, 6) is 1.85. The maximum Gasteiger partial charge on any atom is 0.227 e. The second kappa shape index (κ2) is 7.93. The van der Waals surface area contributed by atoms with Gasteiger partial charge >= 0.3 is 0 Å². The van der Waals surface area contributed by atoms with Crippen molar-refractivity contribution in [2.75, 3.05) is 74.1 Å². The Morgan fingerprint density at radius 2 is 1.59 bits per heavy atom. The molecule has 0 atom stereocenters. The van der Waals surface area contributed by atoms with E-state index in [0.29, 0.717) is 23.4 Å². The molecule has 0 aliphatic carbocycles. The first kappa shape index (κ1) is 18.4. The van der Waals surface area contributed by atoms with Crippen LogP contribution >= 0.6 is 15.9 Å². The fourth-order valence-electron chi connectivity index (χ4n) is 3.46. The minimum absolute atomic E-state index is 0.294. The molecule has 7 nitrogen and oxygen atoms in total. The van der Waals surface area contributed by atoms with Crippen molar-refractivity contribution in [3.05, 3.63) is 34.8 Å². The standard InChI is InChI=1S/C18H23BrFN7/c1-24-4-6-27(7-5-24)18-21-3-2-16(23-18)25-8-10-26(11-9-25)17-15(20)12-14(19)13-22-17/h2-3,12-13H,4-11H2,1H3. The number of rotatable bonds is 3. The van der Waals surface area contributed by atoms with Gasteiger partial charge in [0, 0.05) is 69.2 Å². The van der Waals surface area contributed by atoms with Crippen LogP contribution in [0.4, 0.5) is 22.0 Å². The Morgan fingerprint density at radius 1 is 0.926 bits per heavy atom. The number of halogens is 2. The van der Waals surface area contributed by atoms with Crippen LogP contribution in [0, 0.1) is 5.82 Å². The third-order valence-corrected chi connectivity index (χ3v) is 5.54. The van der Waals surface area contributed by atoms with Crippen molar-refractivity contribution in [3.63, 3.8) is 0 Å². The van der Waals surface area contributed by atoms with Gasteiger partial charge < -0.3 is 19.6 Å². The molecular formula is C18H23BrFN7. The van der Waals surface area contributed by atoms with E-state index in [1.165, 1.54) is 6.07 Å².